The first-order valence-corrected chi connectivity index (χ1v) is 7.48. The quantitative estimate of drug-likeness (QED) is 0.811. The molecule has 2 aliphatic rings. The molecule has 0 amide bonds. The van der Waals surface area contributed by atoms with Gasteiger partial charge in [-0.3, -0.25) is 9.88 Å². The molecule has 19 heavy (non-hydrogen) atoms. The van der Waals surface area contributed by atoms with Gasteiger partial charge in [0, 0.05) is 24.2 Å². The third-order valence-corrected chi connectivity index (χ3v) is 4.98. The van der Waals surface area contributed by atoms with Gasteiger partial charge in [0.05, 0.1) is 5.69 Å². The minimum atomic E-state index is 0.834. The van der Waals surface area contributed by atoms with Crippen LogP contribution < -0.4 is 0 Å². The molecule has 0 spiro atoms. The summed E-state index contributed by atoms with van der Waals surface area (Å²) in [5, 5.41) is 2.64. The Labute approximate surface area is 114 Å². The van der Waals surface area contributed by atoms with Crippen LogP contribution in [0.25, 0.3) is 10.8 Å². The highest BCUT2D eigenvalue weighted by molar-refractivity contribution is 5.84. The highest BCUT2D eigenvalue weighted by Gasteiger charge is 2.37. The molecule has 4 rings (SSSR count). The lowest BCUT2D eigenvalue weighted by Crippen LogP contribution is -2.29. The van der Waals surface area contributed by atoms with Crippen molar-refractivity contribution in [3.63, 3.8) is 0 Å². The van der Waals surface area contributed by atoms with E-state index in [0.717, 1.165) is 18.5 Å². The highest BCUT2D eigenvalue weighted by Crippen LogP contribution is 2.38. The number of nitrogens with zero attached hydrogens (tertiary/aromatic N) is 2. The van der Waals surface area contributed by atoms with Gasteiger partial charge in [-0.25, -0.2) is 0 Å². The van der Waals surface area contributed by atoms with Crippen LogP contribution >= 0.6 is 0 Å². The lowest BCUT2D eigenvalue weighted by Gasteiger charge is -2.23. The van der Waals surface area contributed by atoms with E-state index in [9.17, 15) is 0 Å². The molecule has 1 aliphatic carbocycles. The summed E-state index contributed by atoms with van der Waals surface area (Å²) in [5.41, 5.74) is 1.26. The van der Waals surface area contributed by atoms with Gasteiger partial charge < -0.3 is 0 Å². The molecule has 0 bridgehead atoms. The van der Waals surface area contributed by atoms with E-state index < -0.39 is 0 Å². The average Bonchev–Trinajstić information content (AvgIpc) is 3.04. The Morgan fingerprint density at radius 3 is 3.05 bits per heavy atom. The van der Waals surface area contributed by atoms with Gasteiger partial charge in [0.1, 0.15) is 0 Å². The molecule has 1 aliphatic heterocycles. The van der Waals surface area contributed by atoms with Crippen LogP contribution in [-0.2, 0) is 6.54 Å². The number of aromatic nitrogens is 1. The van der Waals surface area contributed by atoms with Gasteiger partial charge >= 0.3 is 0 Å². The topological polar surface area (TPSA) is 16.1 Å². The Morgan fingerprint density at radius 1 is 1.11 bits per heavy atom. The summed E-state index contributed by atoms with van der Waals surface area (Å²) in [4.78, 5) is 7.32. The van der Waals surface area contributed by atoms with Crippen LogP contribution in [0.5, 0.6) is 0 Å². The Bertz CT molecular complexity index is 587. The third-order valence-electron chi connectivity index (χ3n) is 4.98. The molecule has 0 N–H and O–H groups in total. The van der Waals surface area contributed by atoms with Crippen molar-refractivity contribution < 1.29 is 0 Å². The van der Waals surface area contributed by atoms with Crippen molar-refractivity contribution in [1.29, 1.82) is 0 Å². The van der Waals surface area contributed by atoms with E-state index in [-0.39, 0.29) is 0 Å². The molecule has 0 unspecified atom stereocenters. The maximum absolute atomic E-state index is 4.64. The highest BCUT2D eigenvalue weighted by atomic mass is 15.2. The molecule has 1 saturated heterocycles. The van der Waals surface area contributed by atoms with Crippen molar-refractivity contribution >= 4 is 10.8 Å². The summed E-state index contributed by atoms with van der Waals surface area (Å²) in [6, 6.07) is 11.6. The fourth-order valence-electron chi connectivity index (χ4n) is 4.03. The number of hydrogen-bond acceptors (Lipinski definition) is 2. The normalized spacial score (nSPS) is 26.9. The SMILES string of the molecule is c1ccc2c(CN3CC[C@H]4CCC[C@H]43)nccc2c1. The zero-order valence-corrected chi connectivity index (χ0v) is 11.3. The fourth-order valence-corrected chi connectivity index (χ4v) is 4.03. The van der Waals surface area contributed by atoms with Crippen LogP contribution in [0.2, 0.25) is 0 Å². The Balaban J connectivity index is 1.65. The average molecular weight is 252 g/mol. The van der Waals surface area contributed by atoms with Crippen molar-refractivity contribution in [1.82, 2.24) is 9.88 Å². The molecule has 2 fully saturated rings. The second-order valence-corrected chi connectivity index (χ2v) is 6.00. The molecule has 0 radical (unpaired) electrons. The van der Waals surface area contributed by atoms with Gasteiger partial charge in [0.25, 0.3) is 0 Å². The molecule has 2 heteroatoms. The van der Waals surface area contributed by atoms with Crippen LogP contribution in [0.4, 0.5) is 0 Å². The predicted octanol–water partition coefficient (Wildman–Crippen LogP) is 3.61. The van der Waals surface area contributed by atoms with E-state index >= 15 is 0 Å². The van der Waals surface area contributed by atoms with Gasteiger partial charge in [-0.1, -0.05) is 30.7 Å². The van der Waals surface area contributed by atoms with Crippen molar-refractivity contribution in [2.45, 2.75) is 38.3 Å². The maximum atomic E-state index is 4.64. The van der Waals surface area contributed by atoms with E-state index in [1.807, 2.05) is 6.20 Å². The maximum Gasteiger partial charge on any atom is 0.0622 e. The number of benzene rings is 1. The molecule has 98 valence electrons. The first-order chi connectivity index (χ1) is 9.42. The smallest absolute Gasteiger partial charge is 0.0622 e. The van der Waals surface area contributed by atoms with Crippen molar-refractivity contribution in [3.05, 3.63) is 42.2 Å². The minimum Gasteiger partial charge on any atom is -0.294 e. The monoisotopic (exact) mass is 252 g/mol. The number of hydrogen-bond donors (Lipinski definition) is 0. The number of fused-ring (bicyclic) bond motifs is 2. The standard InChI is InChI=1S/C17H20N2/c1-2-6-15-13(4-1)8-10-18-16(15)12-19-11-9-14-5-3-7-17(14)19/h1-2,4,6,8,10,14,17H,3,5,7,9,11-12H2/t14-,17-/m1/s1. The number of pyridine rings is 1. The summed E-state index contributed by atoms with van der Waals surface area (Å²) in [7, 11) is 0. The van der Waals surface area contributed by atoms with Gasteiger partial charge in [-0.05, 0) is 43.2 Å². The number of rotatable bonds is 2. The first-order valence-electron chi connectivity index (χ1n) is 7.48. The summed E-state index contributed by atoms with van der Waals surface area (Å²) in [6.45, 7) is 2.29. The van der Waals surface area contributed by atoms with E-state index in [2.05, 4.69) is 40.2 Å². The molecule has 1 saturated carbocycles. The van der Waals surface area contributed by atoms with Crippen molar-refractivity contribution in [2.75, 3.05) is 6.54 Å². The van der Waals surface area contributed by atoms with Gasteiger partial charge in [0.15, 0.2) is 0 Å². The zero-order valence-electron chi connectivity index (χ0n) is 11.3. The van der Waals surface area contributed by atoms with Crippen LogP contribution in [-0.4, -0.2) is 22.5 Å². The zero-order chi connectivity index (χ0) is 12.7. The summed E-state index contributed by atoms with van der Waals surface area (Å²) >= 11 is 0. The van der Waals surface area contributed by atoms with Crippen LogP contribution in [0, 0.1) is 5.92 Å². The van der Waals surface area contributed by atoms with E-state index in [1.54, 1.807) is 0 Å². The molecule has 2 nitrogen and oxygen atoms in total. The van der Waals surface area contributed by atoms with Crippen LogP contribution in [0.3, 0.4) is 0 Å². The lowest BCUT2D eigenvalue weighted by molar-refractivity contribution is 0.231. The summed E-state index contributed by atoms with van der Waals surface area (Å²) < 4.78 is 0. The predicted molar refractivity (Wildman–Crippen MR) is 77.9 cm³/mol. The molecular formula is C17H20N2. The minimum absolute atomic E-state index is 0.834. The van der Waals surface area contributed by atoms with Gasteiger partial charge in [0.2, 0.25) is 0 Å². The van der Waals surface area contributed by atoms with E-state index in [1.165, 1.54) is 48.7 Å². The van der Waals surface area contributed by atoms with Crippen LogP contribution in [0.1, 0.15) is 31.4 Å². The Kier molecular flexibility index (Phi) is 2.77. The van der Waals surface area contributed by atoms with Gasteiger partial charge in [-0.2, -0.15) is 0 Å². The van der Waals surface area contributed by atoms with Crippen molar-refractivity contribution in [2.24, 2.45) is 5.92 Å². The second-order valence-electron chi connectivity index (χ2n) is 6.00. The molecule has 2 aromatic rings. The van der Waals surface area contributed by atoms with E-state index in [0.29, 0.717) is 0 Å². The van der Waals surface area contributed by atoms with Crippen molar-refractivity contribution in [3.8, 4) is 0 Å². The molecule has 1 aromatic carbocycles. The first kappa shape index (κ1) is 11.4. The second kappa shape index (κ2) is 4.61. The van der Waals surface area contributed by atoms with Crippen LogP contribution in [0.15, 0.2) is 36.5 Å². The largest absolute Gasteiger partial charge is 0.294 e. The fraction of sp³-hybridized carbons (Fsp3) is 0.471. The molecule has 2 atom stereocenters. The Hall–Kier alpha value is -1.41. The number of likely N-dealkylation sites (tertiary alicyclic amines) is 1. The van der Waals surface area contributed by atoms with E-state index in [4.69, 9.17) is 0 Å². The lowest BCUT2D eigenvalue weighted by atomic mass is 10.0. The van der Waals surface area contributed by atoms with Gasteiger partial charge in [-0.15, -0.1) is 0 Å². The molecule has 1 aromatic heterocycles. The molecular weight excluding hydrogens is 232 g/mol. The Morgan fingerprint density at radius 2 is 2.05 bits per heavy atom. The third kappa shape index (κ3) is 1.95. The molecule has 2 heterocycles. The summed E-state index contributed by atoms with van der Waals surface area (Å²) in [6.07, 6.45) is 7.63. The summed E-state index contributed by atoms with van der Waals surface area (Å²) in [5.74, 6) is 0.968.